The minimum atomic E-state index is 0.0881. The van der Waals surface area contributed by atoms with Crippen LogP contribution >= 0.6 is 15.9 Å². The standard InChI is InChI=1S/C8H14BrNO/c1-8(2)4-3-7(11)10(8)6-5-9/h3-6H2,1-2H3. The predicted octanol–water partition coefficient (Wildman–Crippen LogP) is 1.78. The molecule has 0 spiro atoms. The largest absolute Gasteiger partial charge is 0.337 e. The highest BCUT2D eigenvalue weighted by Crippen LogP contribution is 2.28. The number of halogens is 1. The zero-order valence-electron chi connectivity index (χ0n) is 7.06. The van der Waals surface area contributed by atoms with Crippen LogP contribution in [0.4, 0.5) is 0 Å². The summed E-state index contributed by atoms with van der Waals surface area (Å²) in [7, 11) is 0. The van der Waals surface area contributed by atoms with Gasteiger partial charge in [-0.25, -0.2) is 0 Å². The van der Waals surface area contributed by atoms with Gasteiger partial charge >= 0.3 is 0 Å². The van der Waals surface area contributed by atoms with Gasteiger partial charge in [0.15, 0.2) is 0 Å². The highest BCUT2D eigenvalue weighted by Gasteiger charge is 2.36. The van der Waals surface area contributed by atoms with Gasteiger partial charge in [0, 0.05) is 23.8 Å². The molecule has 1 aliphatic rings. The van der Waals surface area contributed by atoms with Gasteiger partial charge in [0.25, 0.3) is 0 Å². The zero-order chi connectivity index (χ0) is 8.48. The number of amides is 1. The van der Waals surface area contributed by atoms with Gasteiger partial charge in [0.05, 0.1) is 0 Å². The molecule has 64 valence electrons. The van der Waals surface area contributed by atoms with Gasteiger partial charge in [-0.3, -0.25) is 4.79 Å². The second-order valence-corrected chi connectivity index (χ2v) is 4.34. The molecule has 0 saturated carbocycles. The Morgan fingerprint density at radius 3 is 2.64 bits per heavy atom. The van der Waals surface area contributed by atoms with Crippen molar-refractivity contribution in [1.82, 2.24) is 4.90 Å². The fourth-order valence-electron chi connectivity index (χ4n) is 1.53. The van der Waals surface area contributed by atoms with Gasteiger partial charge in [-0.15, -0.1) is 0 Å². The van der Waals surface area contributed by atoms with E-state index >= 15 is 0 Å². The highest BCUT2D eigenvalue weighted by atomic mass is 79.9. The number of carbonyl (C=O) groups is 1. The van der Waals surface area contributed by atoms with Crippen molar-refractivity contribution >= 4 is 21.8 Å². The first-order chi connectivity index (χ1) is 5.08. The van der Waals surface area contributed by atoms with Crippen molar-refractivity contribution in [3.63, 3.8) is 0 Å². The molecule has 0 unspecified atom stereocenters. The first kappa shape index (κ1) is 9.04. The van der Waals surface area contributed by atoms with E-state index in [4.69, 9.17) is 0 Å². The van der Waals surface area contributed by atoms with E-state index in [1.54, 1.807) is 0 Å². The summed E-state index contributed by atoms with van der Waals surface area (Å²) >= 11 is 3.34. The third kappa shape index (κ3) is 1.75. The number of nitrogens with zero attached hydrogens (tertiary/aromatic N) is 1. The summed E-state index contributed by atoms with van der Waals surface area (Å²) in [5.41, 5.74) is 0.0881. The average molecular weight is 220 g/mol. The molecule has 0 bridgehead atoms. The number of likely N-dealkylation sites (tertiary alicyclic amines) is 1. The monoisotopic (exact) mass is 219 g/mol. The Morgan fingerprint density at radius 2 is 2.27 bits per heavy atom. The molecule has 2 nitrogen and oxygen atoms in total. The van der Waals surface area contributed by atoms with Crippen molar-refractivity contribution in [1.29, 1.82) is 0 Å². The SMILES string of the molecule is CC1(C)CCC(=O)N1CCBr. The number of hydrogen-bond acceptors (Lipinski definition) is 1. The van der Waals surface area contributed by atoms with E-state index in [0.717, 1.165) is 24.7 Å². The Hall–Kier alpha value is -0.0500. The molecule has 1 amide bonds. The van der Waals surface area contributed by atoms with Gasteiger partial charge in [-0.2, -0.15) is 0 Å². The maximum absolute atomic E-state index is 11.3. The number of carbonyl (C=O) groups excluding carboxylic acids is 1. The minimum absolute atomic E-state index is 0.0881. The molecular weight excluding hydrogens is 206 g/mol. The van der Waals surface area contributed by atoms with E-state index in [9.17, 15) is 4.79 Å². The zero-order valence-corrected chi connectivity index (χ0v) is 8.65. The second-order valence-electron chi connectivity index (χ2n) is 3.55. The van der Waals surface area contributed by atoms with Crippen molar-refractivity contribution in [2.75, 3.05) is 11.9 Å². The Morgan fingerprint density at radius 1 is 1.64 bits per heavy atom. The van der Waals surface area contributed by atoms with Crippen LogP contribution in [-0.4, -0.2) is 28.2 Å². The molecule has 0 aromatic carbocycles. The second kappa shape index (κ2) is 3.13. The van der Waals surface area contributed by atoms with Crippen LogP contribution in [0.15, 0.2) is 0 Å². The van der Waals surface area contributed by atoms with Gasteiger partial charge in [0.2, 0.25) is 5.91 Å². The molecular formula is C8H14BrNO. The lowest BCUT2D eigenvalue weighted by atomic mass is 10.0. The molecule has 3 heteroatoms. The molecule has 0 radical (unpaired) electrons. The molecule has 1 saturated heterocycles. The Labute approximate surface area is 76.1 Å². The van der Waals surface area contributed by atoms with Crippen molar-refractivity contribution in [2.24, 2.45) is 0 Å². The van der Waals surface area contributed by atoms with Gasteiger partial charge < -0.3 is 4.90 Å². The highest BCUT2D eigenvalue weighted by molar-refractivity contribution is 9.09. The smallest absolute Gasteiger partial charge is 0.223 e. The molecule has 0 atom stereocenters. The van der Waals surface area contributed by atoms with Gasteiger partial charge in [-0.1, -0.05) is 15.9 Å². The van der Waals surface area contributed by atoms with Crippen LogP contribution in [0.1, 0.15) is 26.7 Å². The fraction of sp³-hybridized carbons (Fsp3) is 0.875. The third-order valence-electron chi connectivity index (χ3n) is 2.29. The molecule has 0 aromatic rings. The van der Waals surface area contributed by atoms with E-state index in [1.807, 2.05) is 4.90 Å². The normalized spacial score (nSPS) is 22.8. The Balaban J connectivity index is 2.64. The van der Waals surface area contributed by atoms with Crippen molar-refractivity contribution in [2.45, 2.75) is 32.2 Å². The first-order valence-corrected chi connectivity index (χ1v) is 5.06. The number of alkyl halides is 1. The van der Waals surface area contributed by atoms with Crippen LogP contribution in [0, 0.1) is 0 Å². The summed E-state index contributed by atoms with van der Waals surface area (Å²) in [6.07, 6.45) is 1.72. The maximum Gasteiger partial charge on any atom is 0.223 e. The molecule has 0 aromatic heterocycles. The first-order valence-electron chi connectivity index (χ1n) is 3.94. The summed E-state index contributed by atoms with van der Waals surface area (Å²) in [5, 5.41) is 0.877. The molecule has 1 aliphatic heterocycles. The van der Waals surface area contributed by atoms with Crippen LogP contribution in [0.2, 0.25) is 0 Å². The van der Waals surface area contributed by atoms with Crippen molar-refractivity contribution in [3.8, 4) is 0 Å². The summed E-state index contributed by atoms with van der Waals surface area (Å²) in [6.45, 7) is 5.09. The van der Waals surface area contributed by atoms with Crippen LogP contribution < -0.4 is 0 Å². The average Bonchev–Trinajstić information content (AvgIpc) is 2.16. The van der Waals surface area contributed by atoms with Gasteiger partial charge in [0.1, 0.15) is 0 Å². The number of rotatable bonds is 2. The topological polar surface area (TPSA) is 20.3 Å². The predicted molar refractivity (Wildman–Crippen MR) is 48.8 cm³/mol. The molecule has 1 rings (SSSR count). The molecule has 1 fully saturated rings. The summed E-state index contributed by atoms with van der Waals surface area (Å²) in [4.78, 5) is 13.2. The maximum atomic E-state index is 11.3. The molecule has 0 N–H and O–H groups in total. The van der Waals surface area contributed by atoms with Crippen molar-refractivity contribution < 1.29 is 4.79 Å². The van der Waals surface area contributed by atoms with E-state index < -0.39 is 0 Å². The van der Waals surface area contributed by atoms with Crippen LogP contribution in [0.5, 0.6) is 0 Å². The Kier molecular flexibility index (Phi) is 2.58. The lowest BCUT2D eigenvalue weighted by Crippen LogP contribution is -2.41. The number of hydrogen-bond donors (Lipinski definition) is 0. The van der Waals surface area contributed by atoms with E-state index in [1.165, 1.54) is 0 Å². The molecule has 11 heavy (non-hydrogen) atoms. The van der Waals surface area contributed by atoms with Crippen molar-refractivity contribution in [3.05, 3.63) is 0 Å². The Bertz CT molecular complexity index is 167. The van der Waals surface area contributed by atoms with Crippen LogP contribution in [-0.2, 0) is 4.79 Å². The van der Waals surface area contributed by atoms with E-state index in [0.29, 0.717) is 5.91 Å². The fourth-order valence-corrected chi connectivity index (χ4v) is 1.89. The van der Waals surface area contributed by atoms with Crippen LogP contribution in [0.25, 0.3) is 0 Å². The van der Waals surface area contributed by atoms with E-state index in [-0.39, 0.29) is 5.54 Å². The third-order valence-corrected chi connectivity index (χ3v) is 2.65. The molecule has 0 aliphatic carbocycles. The minimum Gasteiger partial charge on any atom is -0.337 e. The summed E-state index contributed by atoms with van der Waals surface area (Å²) in [5.74, 6) is 0.300. The lowest BCUT2D eigenvalue weighted by Gasteiger charge is -2.31. The van der Waals surface area contributed by atoms with E-state index in [2.05, 4.69) is 29.8 Å². The van der Waals surface area contributed by atoms with Crippen LogP contribution in [0.3, 0.4) is 0 Å². The lowest BCUT2D eigenvalue weighted by molar-refractivity contribution is -0.130. The summed E-state index contributed by atoms with van der Waals surface area (Å²) < 4.78 is 0. The molecule has 1 heterocycles. The quantitative estimate of drug-likeness (QED) is 0.649. The summed E-state index contributed by atoms with van der Waals surface area (Å²) in [6, 6.07) is 0. The van der Waals surface area contributed by atoms with Gasteiger partial charge in [-0.05, 0) is 20.3 Å².